The molecule has 0 bridgehead atoms. The summed E-state index contributed by atoms with van der Waals surface area (Å²) in [5, 5.41) is 15.2. The predicted octanol–water partition coefficient (Wildman–Crippen LogP) is 3.44. The molecule has 12 nitrogen and oxygen atoms in total. The molecule has 0 aliphatic carbocycles. The maximum absolute atomic E-state index is 14.0. The Morgan fingerprint density at radius 1 is 1.15 bits per heavy atom. The molecule has 41 heavy (non-hydrogen) atoms. The van der Waals surface area contributed by atoms with Gasteiger partial charge in [0, 0.05) is 44.1 Å². The van der Waals surface area contributed by atoms with Gasteiger partial charge in [-0.25, -0.2) is 4.98 Å². The molecule has 218 valence electrons. The van der Waals surface area contributed by atoms with Crippen LogP contribution in [0.15, 0.2) is 36.5 Å². The number of aliphatic hydroxyl groups excluding tert-OH is 1. The van der Waals surface area contributed by atoms with Crippen molar-refractivity contribution in [2.45, 2.75) is 25.0 Å². The molecule has 3 aromatic rings. The number of hydrogen-bond acceptors (Lipinski definition) is 9. The van der Waals surface area contributed by atoms with Gasteiger partial charge < -0.3 is 40.1 Å². The number of nitrogens with one attached hydrogen (secondary N) is 2. The van der Waals surface area contributed by atoms with Gasteiger partial charge in [-0.1, -0.05) is 6.07 Å². The summed E-state index contributed by atoms with van der Waals surface area (Å²) >= 11 is 0. The molecule has 0 unspecified atom stereocenters. The highest BCUT2D eigenvalue weighted by molar-refractivity contribution is 7.50. The standard InChI is InChI=1S/C25H26F3N6O6P/c1-33-11-15-19(34-9-14(35)10-34)6-5-18(21(15)23(33)36)30-22-16(25(26,27)28)8-29-24(32-22)31-17-4-3-13(7-20(17)40-2)12-41(37,38)39/h3-8,14,35H,9-12H2,1-2H3,(H2,37,38,39)(H2,29,30,31,32). The van der Waals surface area contributed by atoms with Gasteiger partial charge in [-0.05, 0) is 29.8 Å². The number of carbonyl (C=O) groups is 1. The van der Waals surface area contributed by atoms with Crippen LogP contribution in [0.1, 0.15) is 27.0 Å². The summed E-state index contributed by atoms with van der Waals surface area (Å²) < 4.78 is 58.5. The topological polar surface area (TPSA) is 160 Å². The molecular weight excluding hydrogens is 568 g/mol. The van der Waals surface area contributed by atoms with Crippen LogP contribution in [0.2, 0.25) is 0 Å². The van der Waals surface area contributed by atoms with Gasteiger partial charge >= 0.3 is 13.8 Å². The van der Waals surface area contributed by atoms with Crippen molar-refractivity contribution in [1.82, 2.24) is 14.9 Å². The Morgan fingerprint density at radius 3 is 2.49 bits per heavy atom. The molecule has 0 radical (unpaired) electrons. The molecule has 0 atom stereocenters. The number of methoxy groups -OCH3 is 1. The quantitative estimate of drug-likeness (QED) is 0.243. The number of fused-ring (bicyclic) bond motifs is 1. The SMILES string of the molecule is COc1cc(CP(=O)(O)O)ccc1Nc1ncc(C(F)(F)F)c(Nc2ccc(N3CC(O)C3)c3c2C(=O)N(C)C3)n1. The molecule has 1 saturated heterocycles. The van der Waals surface area contributed by atoms with Gasteiger partial charge in [0.25, 0.3) is 5.91 Å². The number of halogens is 3. The summed E-state index contributed by atoms with van der Waals surface area (Å²) in [5.74, 6) is -1.03. The van der Waals surface area contributed by atoms with E-state index in [1.54, 1.807) is 13.1 Å². The first-order valence-electron chi connectivity index (χ1n) is 12.3. The number of β-amino-alcohol motifs (C(OH)–C–C–N with tert-alkyl or cyclic N) is 1. The van der Waals surface area contributed by atoms with E-state index < -0.39 is 37.4 Å². The fraction of sp³-hybridized carbons (Fsp3) is 0.320. The Kier molecular flexibility index (Phi) is 7.32. The molecule has 0 spiro atoms. The van der Waals surface area contributed by atoms with E-state index in [1.165, 1.54) is 36.3 Å². The van der Waals surface area contributed by atoms with Gasteiger partial charge in [-0.2, -0.15) is 18.2 Å². The fourth-order valence-electron chi connectivity index (χ4n) is 4.76. The lowest BCUT2D eigenvalue weighted by molar-refractivity contribution is -0.137. The summed E-state index contributed by atoms with van der Waals surface area (Å²) in [6.45, 7) is 1.03. The van der Waals surface area contributed by atoms with Crippen LogP contribution in [0.3, 0.4) is 0 Å². The first-order valence-corrected chi connectivity index (χ1v) is 14.1. The van der Waals surface area contributed by atoms with Gasteiger partial charge in [-0.15, -0.1) is 0 Å². The Morgan fingerprint density at radius 2 is 1.85 bits per heavy atom. The van der Waals surface area contributed by atoms with E-state index in [0.717, 1.165) is 5.69 Å². The molecule has 1 amide bonds. The summed E-state index contributed by atoms with van der Waals surface area (Å²) in [6.07, 6.45) is -5.22. The van der Waals surface area contributed by atoms with Crippen LogP contribution in [0.25, 0.3) is 0 Å². The molecule has 2 aliphatic rings. The molecule has 3 heterocycles. The van der Waals surface area contributed by atoms with Crippen molar-refractivity contribution < 1.29 is 42.2 Å². The molecular formula is C25H26F3N6O6P. The second-order valence-corrected chi connectivity index (χ2v) is 11.4. The Balaban J connectivity index is 1.50. The summed E-state index contributed by atoms with van der Waals surface area (Å²) in [7, 11) is -1.43. The molecule has 2 aliphatic heterocycles. The van der Waals surface area contributed by atoms with Crippen molar-refractivity contribution in [3.05, 3.63) is 58.8 Å². The van der Waals surface area contributed by atoms with E-state index in [0.29, 0.717) is 24.8 Å². The lowest BCUT2D eigenvalue weighted by Gasteiger charge is -2.39. The van der Waals surface area contributed by atoms with Crippen LogP contribution < -0.4 is 20.3 Å². The first kappa shape index (κ1) is 28.6. The third-order valence-electron chi connectivity index (χ3n) is 6.70. The molecule has 1 aromatic heterocycles. The fourth-order valence-corrected chi connectivity index (χ4v) is 5.43. The summed E-state index contributed by atoms with van der Waals surface area (Å²) in [5.41, 5.74) is 1.08. The Labute approximate surface area is 231 Å². The van der Waals surface area contributed by atoms with E-state index in [1.807, 2.05) is 4.90 Å². The first-order chi connectivity index (χ1) is 19.2. The van der Waals surface area contributed by atoms with Gasteiger partial charge in [-0.3, -0.25) is 9.36 Å². The largest absolute Gasteiger partial charge is 0.495 e. The monoisotopic (exact) mass is 594 g/mol. The number of aliphatic hydroxyl groups is 1. The third-order valence-corrected chi connectivity index (χ3v) is 7.47. The number of hydrogen-bond donors (Lipinski definition) is 5. The van der Waals surface area contributed by atoms with Crippen molar-refractivity contribution in [2.24, 2.45) is 0 Å². The number of nitrogens with zero attached hydrogens (tertiary/aromatic N) is 4. The number of benzene rings is 2. The van der Waals surface area contributed by atoms with E-state index >= 15 is 0 Å². The maximum atomic E-state index is 14.0. The second-order valence-electron chi connectivity index (χ2n) is 9.77. The van der Waals surface area contributed by atoms with Crippen molar-refractivity contribution in [1.29, 1.82) is 0 Å². The minimum atomic E-state index is -4.82. The average molecular weight is 594 g/mol. The van der Waals surface area contributed by atoms with Crippen molar-refractivity contribution in [2.75, 3.05) is 42.8 Å². The minimum absolute atomic E-state index is 0.133. The van der Waals surface area contributed by atoms with E-state index in [9.17, 15) is 37.4 Å². The van der Waals surface area contributed by atoms with Crippen LogP contribution in [0.4, 0.5) is 42.0 Å². The number of anilines is 5. The number of alkyl halides is 3. The van der Waals surface area contributed by atoms with Crippen LogP contribution in [-0.2, 0) is 23.4 Å². The third kappa shape index (κ3) is 5.93. The maximum Gasteiger partial charge on any atom is 0.421 e. The smallest absolute Gasteiger partial charge is 0.421 e. The minimum Gasteiger partial charge on any atom is -0.495 e. The van der Waals surface area contributed by atoms with E-state index in [2.05, 4.69) is 20.6 Å². The van der Waals surface area contributed by atoms with Crippen LogP contribution >= 0.6 is 7.60 Å². The highest BCUT2D eigenvalue weighted by atomic mass is 31.2. The normalized spacial score (nSPS) is 15.6. The highest BCUT2D eigenvalue weighted by Crippen LogP contribution is 2.42. The lowest BCUT2D eigenvalue weighted by atomic mass is 10.0. The van der Waals surface area contributed by atoms with Crippen molar-refractivity contribution >= 4 is 42.3 Å². The molecule has 16 heteroatoms. The zero-order valence-electron chi connectivity index (χ0n) is 21.8. The number of aromatic nitrogens is 2. The zero-order chi connectivity index (χ0) is 29.7. The van der Waals surface area contributed by atoms with Crippen LogP contribution in [0.5, 0.6) is 5.75 Å². The number of ether oxygens (including phenoxy) is 1. The van der Waals surface area contributed by atoms with E-state index in [4.69, 9.17) is 4.74 Å². The van der Waals surface area contributed by atoms with Crippen LogP contribution in [-0.4, -0.2) is 69.0 Å². The van der Waals surface area contributed by atoms with Crippen molar-refractivity contribution in [3.8, 4) is 5.75 Å². The van der Waals surface area contributed by atoms with Gasteiger partial charge in [0.2, 0.25) is 5.95 Å². The zero-order valence-corrected chi connectivity index (χ0v) is 22.7. The summed E-state index contributed by atoms with van der Waals surface area (Å²) in [6, 6.07) is 7.45. The Bertz CT molecular complexity index is 1560. The van der Waals surface area contributed by atoms with E-state index in [-0.39, 0.29) is 46.7 Å². The molecule has 1 fully saturated rings. The number of amides is 1. The van der Waals surface area contributed by atoms with Gasteiger partial charge in [0.15, 0.2) is 0 Å². The van der Waals surface area contributed by atoms with Gasteiger partial charge in [0.1, 0.15) is 17.1 Å². The number of rotatable bonds is 8. The molecule has 5 N–H and O–H groups in total. The lowest BCUT2D eigenvalue weighted by Crippen LogP contribution is -2.51. The highest BCUT2D eigenvalue weighted by Gasteiger charge is 2.38. The molecule has 5 rings (SSSR count). The predicted molar refractivity (Wildman–Crippen MR) is 143 cm³/mol. The average Bonchev–Trinajstić information content (AvgIpc) is 3.16. The Hall–Kier alpha value is -3.91. The molecule has 0 saturated carbocycles. The second kappa shape index (κ2) is 10.5. The van der Waals surface area contributed by atoms with Crippen molar-refractivity contribution in [3.63, 3.8) is 0 Å². The van der Waals surface area contributed by atoms with Crippen LogP contribution in [0, 0.1) is 0 Å². The number of carbonyl (C=O) groups excluding carboxylic acids is 1. The summed E-state index contributed by atoms with van der Waals surface area (Å²) in [4.78, 5) is 42.7. The molecule has 2 aromatic carbocycles. The van der Waals surface area contributed by atoms with Gasteiger partial charge in [0.05, 0.1) is 36.3 Å².